The Labute approximate surface area is 129 Å². The van der Waals surface area contributed by atoms with Crippen molar-refractivity contribution >= 4 is 35.0 Å². The van der Waals surface area contributed by atoms with Crippen LogP contribution in [0.3, 0.4) is 0 Å². The Morgan fingerprint density at radius 1 is 1.24 bits per heavy atom. The maximum absolute atomic E-state index is 12.0. The monoisotopic (exact) mass is 307 g/mol. The van der Waals surface area contributed by atoms with Crippen molar-refractivity contribution < 1.29 is 9.59 Å². The minimum Gasteiger partial charge on any atom is -0.326 e. The van der Waals surface area contributed by atoms with Gasteiger partial charge in [0.1, 0.15) is 0 Å². The maximum atomic E-state index is 12.0. The van der Waals surface area contributed by atoms with Crippen LogP contribution >= 0.6 is 11.8 Å². The number of carbonyl (C=O) groups is 2. The van der Waals surface area contributed by atoms with E-state index >= 15 is 0 Å². The van der Waals surface area contributed by atoms with E-state index in [1.807, 2.05) is 11.8 Å². The standard InChI is InChI=1S/C15H21N3O2S/c1-11(19)16-12-3-5-13(6-4-12)17-15(20)10-18-8-7-14(9-18)21-2/h3-6,14H,7-10H2,1-2H3,(H,16,19)(H,17,20). The fourth-order valence-electron chi connectivity index (χ4n) is 2.38. The van der Waals surface area contributed by atoms with E-state index in [2.05, 4.69) is 21.8 Å². The van der Waals surface area contributed by atoms with Gasteiger partial charge in [0, 0.05) is 30.1 Å². The number of hydrogen-bond acceptors (Lipinski definition) is 4. The maximum Gasteiger partial charge on any atom is 0.238 e. The topological polar surface area (TPSA) is 61.4 Å². The Balaban J connectivity index is 1.81. The zero-order valence-electron chi connectivity index (χ0n) is 12.4. The van der Waals surface area contributed by atoms with Gasteiger partial charge in [-0.05, 0) is 43.5 Å². The van der Waals surface area contributed by atoms with Gasteiger partial charge in [0.2, 0.25) is 11.8 Å². The summed E-state index contributed by atoms with van der Waals surface area (Å²) >= 11 is 1.87. The molecule has 1 fully saturated rings. The summed E-state index contributed by atoms with van der Waals surface area (Å²) in [6.07, 6.45) is 3.27. The lowest BCUT2D eigenvalue weighted by Gasteiger charge is -2.15. The zero-order chi connectivity index (χ0) is 15.2. The second-order valence-electron chi connectivity index (χ2n) is 5.19. The molecule has 2 N–H and O–H groups in total. The molecule has 1 aromatic rings. The molecule has 1 aliphatic heterocycles. The molecule has 5 nitrogen and oxygen atoms in total. The quantitative estimate of drug-likeness (QED) is 0.874. The zero-order valence-corrected chi connectivity index (χ0v) is 13.2. The Bertz CT molecular complexity index is 504. The Morgan fingerprint density at radius 3 is 2.38 bits per heavy atom. The van der Waals surface area contributed by atoms with Crippen LogP contribution < -0.4 is 10.6 Å². The molecule has 1 atom stereocenters. The van der Waals surface area contributed by atoms with Crippen molar-refractivity contribution in [2.45, 2.75) is 18.6 Å². The third-order valence-electron chi connectivity index (χ3n) is 3.42. The predicted octanol–water partition coefficient (Wildman–Crippen LogP) is 2.02. The minimum atomic E-state index is -0.107. The first-order chi connectivity index (χ1) is 10.1. The molecule has 1 heterocycles. The van der Waals surface area contributed by atoms with E-state index in [0.29, 0.717) is 11.8 Å². The number of carbonyl (C=O) groups excluding carboxylic acids is 2. The van der Waals surface area contributed by atoms with Gasteiger partial charge in [0.05, 0.1) is 6.54 Å². The largest absolute Gasteiger partial charge is 0.326 e. The molecule has 6 heteroatoms. The molecule has 1 saturated heterocycles. The van der Waals surface area contributed by atoms with Gasteiger partial charge in [-0.15, -0.1) is 0 Å². The highest BCUT2D eigenvalue weighted by molar-refractivity contribution is 7.99. The van der Waals surface area contributed by atoms with Gasteiger partial charge >= 0.3 is 0 Å². The Kier molecular flexibility index (Phi) is 5.64. The second kappa shape index (κ2) is 7.47. The van der Waals surface area contributed by atoms with E-state index in [1.165, 1.54) is 6.92 Å². The molecular formula is C15H21N3O2S. The average molecular weight is 307 g/mol. The summed E-state index contributed by atoms with van der Waals surface area (Å²) in [5.41, 5.74) is 1.47. The summed E-state index contributed by atoms with van der Waals surface area (Å²) in [5.74, 6) is -0.104. The number of nitrogens with zero attached hydrogens (tertiary/aromatic N) is 1. The molecule has 21 heavy (non-hydrogen) atoms. The first kappa shape index (κ1) is 15.9. The molecule has 0 aliphatic carbocycles. The van der Waals surface area contributed by atoms with Crippen LogP contribution in [0.4, 0.5) is 11.4 Å². The van der Waals surface area contributed by atoms with Gasteiger partial charge in [0.15, 0.2) is 0 Å². The number of benzene rings is 1. The average Bonchev–Trinajstić information content (AvgIpc) is 2.88. The summed E-state index contributed by atoms with van der Waals surface area (Å²) in [7, 11) is 0. The number of likely N-dealkylation sites (tertiary alicyclic amines) is 1. The van der Waals surface area contributed by atoms with Crippen molar-refractivity contribution in [1.82, 2.24) is 4.90 Å². The van der Waals surface area contributed by atoms with Gasteiger partial charge in [-0.3, -0.25) is 14.5 Å². The van der Waals surface area contributed by atoms with Crippen molar-refractivity contribution in [2.75, 3.05) is 36.5 Å². The highest BCUT2D eigenvalue weighted by atomic mass is 32.2. The SMILES string of the molecule is CSC1CCN(CC(=O)Nc2ccc(NC(C)=O)cc2)C1. The highest BCUT2D eigenvalue weighted by Gasteiger charge is 2.23. The normalized spacial score (nSPS) is 18.5. The van der Waals surface area contributed by atoms with E-state index in [0.717, 1.165) is 30.9 Å². The van der Waals surface area contributed by atoms with Crippen LogP contribution in [0.5, 0.6) is 0 Å². The molecule has 1 aliphatic rings. The van der Waals surface area contributed by atoms with Crippen LogP contribution in [0.2, 0.25) is 0 Å². The molecule has 1 unspecified atom stereocenters. The van der Waals surface area contributed by atoms with Crippen LogP contribution in [0, 0.1) is 0 Å². The summed E-state index contributed by atoms with van der Waals surface area (Å²) in [6, 6.07) is 7.13. The lowest BCUT2D eigenvalue weighted by atomic mass is 10.2. The molecule has 0 radical (unpaired) electrons. The minimum absolute atomic E-state index is 0.00373. The predicted molar refractivity (Wildman–Crippen MR) is 87.7 cm³/mol. The van der Waals surface area contributed by atoms with Crippen molar-refractivity contribution in [2.24, 2.45) is 0 Å². The summed E-state index contributed by atoms with van der Waals surface area (Å²) in [4.78, 5) is 25.1. The van der Waals surface area contributed by atoms with Gasteiger partial charge in [0.25, 0.3) is 0 Å². The van der Waals surface area contributed by atoms with Gasteiger partial charge in [-0.25, -0.2) is 0 Å². The van der Waals surface area contributed by atoms with Crippen molar-refractivity contribution in [3.05, 3.63) is 24.3 Å². The van der Waals surface area contributed by atoms with E-state index < -0.39 is 0 Å². The van der Waals surface area contributed by atoms with Crippen LogP contribution in [-0.2, 0) is 9.59 Å². The van der Waals surface area contributed by atoms with E-state index in [4.69, 9.17) is 0 Å². The lowest BCUT2D eigenvalue weighted by Crippen LogP contribution is -2.31. The molecule has 1 aromatic carbocycles. The number of anilines is 2. The van der Waals surface area contributed by atoms with E-state index in [-0.39, 0.29) is 11.8 Å². The summed E-state index contributed by atoms with van der Waals surface area (Å²) in [5, 5.41) is 6.22. The summed E-state index contributed by atoms with van der Waals surface area (Å²) < 4.78 is 0. The molecule has 0 spiro atoms. The van der Waals surface area contributed by atoms with Crippen molar-refractivity contribution in [3.63, 3.8) is 0 Å². The molecule has 0 aromatic heterocycles. The number of rotatable bonds is 5. The van der Waals surface area contributed by atoms with Gasteiger partial charge in [-0.2, -0.15) is 11.8 Å². The molecule has 2 amide bonds. The van der Waals surface area contributed by atoms with Crippen molar-refractivity contribution in [3.8, 4) is 0 Å². The fraction of sp³-hybridized carbons (Fsp3) is 0.467. The summed E-state index contributed by atoms with van der Waals surface area (Å²) in [6.45, 7) is 3.87. The number of amides is 2. The highest BCUT2D eigenvalue weighted by Crippen LogP contribution is 2.20. The molecule has 0 saturated carbocycles. The van der Waals surface area contributed by atoms with Gasteiger partial charge < -0.3 is 10.6 Å². The first-order valence-electron chi connectivity index (χ1n) is 6.99. The van der Waals surface area contributed by atoms with Crippen LogP contribution in [0.1, 0.15) is 13.3 Å². The van der Waals surface area contributed by atoms with E-state index in [1.54, 1.807) is 24.3 Å². The third-order valence-corrected chi connectivity index (χ3v) is 4.47. The number of nitrogens with one attached hydrogen (secondary N) is 2. The van der Waals surface area contributed by atoms with Crippen LogP contribution in [-0.4, -0.2) is 47.9 Å². The van der Waals surface area contributed by atoms with E-state index in [9.17, 15) is 9.59 Å². The molecule has 114 valence electrons. The molecule has 0 bridgehead atoms. The number of thioether (sulfide) groups is 1. The lowest BCUT2D eigenvalue weighted by molar-refractivity contribution is -0.117. The van der Waals surface area contributed by atoms with Crippen LogP contribution in [0.15, 0.2) is 24.3 Å². The molecule has 2 rings (SSSR count). The number of hydrogen-bond donors (Lipinski definition) is 2. The first-order valence-corrected chi connectivity index (χ1v) is 8.28. The van der Waals surface area contributed by atoms with Crippen molar-refractivity contribution in [1.29, 1.82) is 0 Å². The smallest absolute Gasteiger partial charge is 0.238 e. The molecular weight excluding hydrogens is 286 g/mol. The van der Waals surface area contributed by atoms with Gasteiger partial charge in [-0.1, -0.05) is 0 Å². The fourth-order valence-corrected chi connectivity index (χ4v) is 3.08. The second-order valence-corrected chi connectivity index (χ2v) is 6.33. The third kappa shape index (κ3) is 5.06. The Morgan fingerprint density at radius 2 is 1.86 bits per heavy atom. The van der Waals surface area contributed by atoms with Crippen LogP contribution in [0.25, 0.3) is 0 Å². The Hall–Kier alpha value is -1.53.